The van der Waals surface area contributed by atoms with Gasteiger partial charge < -0.3 is 10.1 Å². The minimum absolute atomic E-state index is 0.000650. The first-order valence-electron chi connectivity index (χ1n) is 7.47. The van der Waals surface area contributed by atoms with Crippen LogP contribution in [0.15, 0.2) is 24.3 Å². The fourth-order valence-electron chi connectivity index (χ4n) is 2.29. The van der Waals surface area contributed by atoms with E-state index in [4.69, 9.17) is 4.74 Å². The van der Waals surface area contributed by atoms with E-state index in [9.17, 15) is 9.59 Å². The van der Waals surface area contributed by atoms with E-state index in [0.717, 1.165) is 18.5 Å². The monoisotopic (exact) mass is 290 g/mol. The van der Waals surface area contributed by atoms with Gasteiger partial charge in [0.1, 0.15) is 6.10 Å². The van der Waals surface area contributed by atoms with Crippen LogP contribution >= 0.6 is 0 Å². The lowest BCUT2D eigenvalue weighted by Gasteiger charge is -2.13. The average molecular weight is 290 g/mol. The number of carbonyl (C=O) groups excluding carboxylic acids is 2. The first kappa shape index (κ1) is 15.4. The van der Waals surface area contributed by atoms with Crippen molar-refractivity contribution in [3.63, 3.8) is 0 Å². The fraction of sp³-hybridized carbons (Fsp3) is 0.500. The van der Waals surface area contributed by atoms with Crippen LogP contribution in [0.5, 0.6) is 0 Å². The van der Waals surface area contributed by atoms with Crippen molar-refractivity contribution in [3.05, 3.63) is 29.8 Å². The molecule has 0 radical (unpaired) electrons. The summed E-state index contributed by atoms with van der Waals surface area (Å²) in [5.41, 5.74) is 2.06. The van der Waals surface area contributed by atoms with Crippen LogP contribution in [0, 0.1) is 0 Å². The Morgan fingerprint density at radius 3 is 2.67 bits per heavy atom. The van der Waals surface area contributed by atoms with E-state index < -0.39 is 0 Å². The number of nitrogens with zero attached hydrogens (tertiary/aromatic N) is 1. The van der Waals surface area contributed by atoms with Crippen LogP contribution in [0.1, 0.15) is 32.3 Å². The molecule has 0 aliphatic carbocycles. The van der Waals surface area contributed by atoms with Crippen LogP contribution in [0.4, 0.5) is 10.5 Å². The highest BCUT2D eigenvalue weighted by molar-refractivity contribution is 5.89. The van der Waals surface area contributed by atoms with Crippen molar-refractivity contribution in [1.82, 2.24) is 5.32 Å². The van der Waals surface area contributed by atoms with Gasteiger partial charge in [-0.25, -0.2) is 4.79 Å². The number of cyclic esters (lactones) is 1. The van der Waals surface area contributed by atoms with Crippen LogP contribution in [0.25, 0.3) is 0 Å². The van der Waals surface area contributed by atoms with Crippen molar-refractivity contribution in [2.45, 2.75) is 39.2 Å². The maximum Gasteiger partial charge on any atom is 0.414 e. The third-order valence-corrected chi connectivity index (χ3v) is 3.53. The van der Waals surface area contributed by atoms with Gasteiger partial charge in [-0.1, -0.05) is 26.0 Å². The molecule has 5 nitrogen and oxygen atoms in total. The van der Waals surface area contributed by atoms with E-state index in [1.54, 1.807) is 4.90 Å². The Balaban J connectivity index is 1.91. The van der Waals surface area contributed by atoms with Gasteiger partial charge in [0.05, 0.1) is 13.1 Å². The number of carbonyl (C=O) groups is 2. The summed E-state index contributed by atoms with van der Waals surface area (Å²) in [6.45, 7) is 4.88. The smallest absolute Gasteiger partial charge is 0.414 e. The Hall–Kier alpha value is -2.04. The summed E-state index contributed by atoms with van der Waals surface area (Å²) in [4.78, 5) is 24.9. The molecule has 1 aliphatic heterocycles. The van der Waals surface area contributed by atoms with Gasteiger partial charge in [0.25, 0.3) is 0 Å². The molecule has 0 saturated carbocycles. The number of nitrogens with one attached hydrogen (secondary N) is 1. The molecule has 21 heavy (non-hydrogen) atoms. The number of aryl methyl sites for hydroxylation is 1. The molecule has 1 aromatic carbocycles. The van der Waals surface area contributed by atoms with Crippen molar-refractivity contribution in [2.24, 2.45) is 0 Å². The maximum absolute atomic E-state index is 11.9. The molecule has 114 valence electrons. The molecule has 1 aliphatic rings. The zero-order valence-electron chi connectivity index (χ0n) is 12.6. The molecule has 1 atom stereocenters. The number of hydrogen-bond acceptors (Lipinski definition) is 3. The van der Waals surface area contributed by atoms with E-state index in [-0.39, 0.29) is 18.1 Å². The first-order valence-corrected chi connectivity index (χ1v) is 7.47. The van der Waals surface area contributed by atoms with E-state index in [2.05, 4.69) is 12.2 Å². The van der Waals surface area contributed by atoms with E-state index in [1.807, 2.05) is 31.2 Å². The van der Waals surface area contributed by atoms with Gasteiger partial charge in [-0.3, -0.25) is 9.69 Å². The predicted octanol–water partition coefficient (Wildman–Crippen LogP) is 2.49. The van der Waals surface area contributed by atoms with Crippen LogP contribution in [0.2, 0.25) is 0 Å². The minimum Gasteiger partial charge on any atom is -0.442 e. The lowest BCUT2D eigenvalue weighted by molar-refractivity contribution is -0.121. The lowest BCUT2D eigenvalue weighted by atomic mass is 10.1. The Morgan fingerprint density at radius 1 is 1.33 bits per heavy atom. The van der Waals surface area contributed by atoms with Gasteiger partial charge in [0, 0.05) is 12.1 Å². The molecule has 1 fully saturated rings. The summed E-state index contributed by atoms with van der Waals surface area (Å²) in [7, 11) is 0. The lowest BCUT2D eigenvalue weighted by Crippen LogP contribution is -2.34. The zero-order valence-corrected chi connectivity index (χ0v) is 12.6. The second-order valence-corrected chi connectivity index (χ2v) is 5.19. The topological polar surface area (TPSA) is 58.6 Å². The molecule has 1 aromatic rings. The quantitative estimate of drug-likeness (QED) is 0.875. The average Bonchev–Trinajstić information content (AvgIpc) is 2.87. The number of rotatable bonds is 6. The van der Waals surface area contributed by atoms with Crippen LogP contribution < -0.4 is 10.2 Å². The first-order chi connectivity index (χ1) is 10.1. The van der Waals surface area contributed by atoms with Crippen LogP contribution in [0.3, 0.4) is 0 Å². The second-order valence-electron chi connectivity index (χ2n) is 5.19. The van der Waals surface area contributed by atoms with Gasteiger partial charge >= 0.3 is 6.09 Å². The normalized spacial score (nSPS) is 17.7. The Bertz CT molecular complexity index is 499. The van der Waals surface area contributed by atoms with Gasteiger partial charge in [0.15, 0.2) is 0 Å². The third-order valence-electron chi connectivity index (χ3n) is 3.53. The van der Waals surface area contributed by atoms with Crippen molar-refractivity contribution in [1.29, 1.82) is 0 Å². The number of amides is 2. The van der Waals surface area contributed by atoms with Gasteiger partial charge in [-0.05, 0) is 30.5 Å². The highest BCUT2D eigenvalue weighted by atomic mass is 16.6. The molecular weight excluding hydrogens is 268 g/mol. The molecule has 1 N–H and O–H groups in total. The predicted molar refractivity (Wildman–Crippen MR) is 81.4 cm³/mol. The minimum atomic E-state index is -0.353. The Morgan fingerprint density at radius 2 is 2.05 bits per heavy atom. The summed E-state index contributed by atoms with van der Waals surface area (Å²) < 4.78 is 5.29. The molecule has 5 heteroatoms. The summed E-state index contributed by atoms with van der Waals surface area (Å²) >= 11 is 0. The molecule has 0 bridgehead atoms. The molecule has 1 heterocycles. The molecule has 1 saturated heterocycles. The molecular formula is C16H22N2O3. The highest BCUT2D eigenvalue weighted by Crippen LogP contribution is 2.22. The molecule has 0 aromatic heterocycles. The Labute approximate surface area is 125 Å². The summed E-state index contributed by atoms with van der Waals surface area (Å²) in [5, 5.41) is 2.79. The van der Waals surface area contributed by atoms with Crippen LogP contribution in [-0.2, 0) is 16.0 Å². The van der Waals surface area contributed by atoms with Crippen molar-refractivity contribution < 1.29 is 14.3 Å². The van der Waals surface area contributed by atoms with E-state index in [1.165, 1.54) is 5.56 Å². The Kier molecular flexibility index (Phi) is 5.20. The molecule has 0 spiro atoms. The van der Waals surface area contributed by atoms with Gasteiger partial charge in [0.2, 0.25) is 5.91 Å². The number of benzene rings is 1. The van der Waals surface area contributed by atoms with E-state index >= 15 is 0 Å². The second kappa shape index (κ2) is 7.11. The van der Waals surface area contributed by atoms with Crippen molar-refractivity contribution in [2.75, 3.05) is 18.0 Å². The summed E-state index contributed by atoms with van der Waals surface area (Å²) in [5.74, 6) is -0.000650. The fourth-order valence-corrected chi connectivity index (χ4v) is 2.29. The number of anilines is 1. The number of hydrogen-bond donors (Lipinski definition) is 1. The van der Waals surface area contributed by atoms with Crippen molar-refractivity contribution in [3.8, 4) is 0 Å². The maximum atomic E-state index is 11.9. The zero-order chi connectivity index (χ0) is 15.2. The van der Waals surface area contributed by atoms with E-state index in [0.29, 0.717) is 19.5 Å². The number of ether oxygens (including phenoxy) is 1. The third kappa shape index (κ3) is 3.97. The largest absolute Gasteiger partial charge is 0.442 e. The van der Waals surface area contributed by atoms with Crippen molar-refractivity contribution >= 4 is 17.7 Å². The van der Waals surface area contributed by atoms with Crippen LogP contribution in [-0.4, -0.2) is 31.2 Å². The molecule has 2 rings (SSSR count). The highest BCUT2D eigenvalue weighted by Gasteiger charge is 2.32. The van der Waals surface area contributed by atoms with Gasteiger partial charge in [-0.2, -0.15) is 0 Å². The SMILES string of the molecule is CCCC(=O)NCC1CN(c2ccc(CC)cc2)C(=O)O1. The molecule has 2 amide bonds. The van der Waals surface area contributed by atoms with Gasteiger partial charge in [-0.15, -0.1) is 0 Å². The molecule has 1 unspecified atom stereocenters. The standard InChI is InChI=1S/C16H22N2O3/c1-3-5-15(19)17-10-14-11-18(16(20)21-14)13-8-6-12(4-2)7-9-13/h6-9,14H,3-5,10-11H2,1-2H3,(H,17,19). The summed E-state index contributed by atoms with van der Waals surface area (Å²) in [6, 6.07) is 7.88. The summed E-state index contributed by atoms with van der Waals surface area (Å²) in [6.07, 6.45) is 1.64.